The van der Waals surface area contributed by atoms with Crippen LogP contribution in [0, 0.1) is 0 Å². The van der Waals surface area contributed by atoms with E-state index in [4.69, 9.17) is 0 Å². The van der Waals surface area contributed by atoms with E-state index in [1.165, 1.54) is 0 Å². The van der Waals surface area contributed by atoms with Crippen molar-refractivity contribution in [2.24, 2.45) is 7.05 Å². The molecule has 4 heteroatoms. The largest absolute Gasteiger partial charge is 0.389 e. The van der Waals surface area contributed by atoms with Gasteiger partial charge in [-0.1, -0.05) is 0 Å². The molecule has 0 aliphatic carbocycles. The summed E-state index contributed by atoms with van der Waals surface area (Å²) in [5.41, 5.74) is -0.662. The van der Waals surface area contributed by atoms with Crippen LogP contribution in [0.1, 0.15) is 19.7 Å². The molecule has 1 aromatic rings. The molecular weight excluding hydrogens is 166 g/mol. The van der Waals surface area contributed by atoms with Crippen LogP contribution >= 0.6 is 0 Å². The molecule has 0 atom stereocenters. The molecule has 13 heavy (non-hydrogen) atoms. The van der Waals surface area contributed by atoms with Crippen molar-refractivity contribution in [1.82, 2.24) is 14.9 Å². The maximum atomic E-state index is 9.43. The van der Waals surface area contributed by atoms with Gasteiger partial charge in [-0.15, -0.1) is 0 Å². The second-order valence-corrected chi connectivity index (χ2v) is 3.87. The van der Waals surface area contributed by atoms with Crippen LogP contribution in [0.5, 0.6) is 0 Å². The van der Waals surface area contributed by atoms with E-state index in [0.29, 0.717) is 13.1 Å². The van der Waals surface area contributed by atoms with Crippen LogP contribution < -0.4 is 5.32 Å². The molecule has 1 heterocycles. The lowest BCUT2D eigenvalue weighted by molar-refractivity contribution is 0.0792. The molecule has 0 saturated heterocycles. The Hall–Kier alpha value is -0.870. The van der Waals surface area contributed by atoms with Gasteiger partial charge in [-0.25, -0.2) is 4.98 Å². The number of aromatic nitrogens is 2. The van der Waals surface area contributed by atoms with Gasteiger partial charge in [-0.05, 0) is 13.8 Å². The number of nitrogens with one attached hydrogen (secondary N) is 1. The topological polar surface area (TPSA) is 50.1 Å². The van der Waals surface area contributed by atoms with Crippen LogP contribution in [0.25, 0.3) is 0 Å². The first kappa shape index (κ1) is 10.2. The second-order valence-electron chi connectivity index (χ2n) is 3.87. The zero-order valence-electron chi connectivity index (χ0n) is 8.41. The molecule has 1 aromatic heterocycles. The maximum absolute atomic E-state index is 9.43. The van der Waals surface area contributed by atoms with Crippen molar-refractivity contribution in [1.29, 1.82) is 0 Å². The Bertz CT molecular complexity index is 262. The lowest BCUT2D eigenvalue weighted by atomic mass is 10.1. The fourth-order valence-corrected chi connectivity index (χ4v) is 1.05. The van der Waals surface area contributed by atoms with Gasteiger partial charge in [0.15, 0.2) is 0 Å². The van der Waals surface area contributed by atoms with Gasteiger partial charge in [0.25, 0.3) is 0 Å². The highest BCUT2D eigenvalue weighted by atomic mass is 16.3. The summed E-state index contributed by atoms with van der Waals surface area (Å²) >= 11 is 0. The third-order valence-corrected chi connectivity index (χ3v) is 1.76. The van der Waals surface area contributed by atoms with E-state index in [9.17, 15) is 5.11 Å². The molecular formula is C9H17N3O. The molecule has 0 aliphatic rings. The van der Waals surface area contributed by atoms with Gasteiger partial charge in [-0.2, -0.15) is 0 Å². The first-order chi connectivity index (χ1) is 5.99. The number of aliphatic hydroxyl groups is 1. The van der Waals surface area contributed by atoms with E-state index in [1.54, 1.807) is 20.0 Å². The van der Waals surface area contributed by atoms with Gasteiger partial charge < -0.3 is 15.0 Å². The summed E-state index contributed by atoms with van der Waals surface area (Å²) in [4.78, 5) is 4.15. The Balaban J connectivity index is 2.32. The van der Waals surface area contributed by atoms with E-state index in [-0.39, 0.29) is 0 Å². The summed E-state index contributed by atoms with van der Waals surface area (Å²) in [6.45, 7) is 4.81. The number of nitrogens with zero attached hydrogens (tertiary/aromatic N) is 2. The van der Waals surface area contributed by atoms with E-state index < -0.39 is 5.60 Å². The van der Waals surface area contributed by atoms with E-state index in [0.717, 1.165) is 5.82 Å². The van der Waals surface area contributed by atoms with E-state index in [1.807, 2.05) is 17.8 Å². The number of imidazole rings is 1. The summed E-state index contributed by atoms with van der Waals surface area (Å²) in [6, 6.07) is 0. The summed E-state index contributed by atoms with van der Waals surface area (Å²) in [5.74, 6) is 0.976. The van der Waals surface area contributed by atoms with E-state index >= 15 is 0 Å². The predicted octanol–water partition coefficient (Wildman–Crippen LogP) is 0.281. The number of hydrogen-bond donors (Lipinski definition) is 2. The summed E-state index contributed by atoms with van der Waals surface area (Å²) in [5, 5.41) is 12.6. The van der Waals surface area contributed by atoms with Crippen LogP contribution in [-0.4, -0.2) is 26.8 Å². The molecule has 0 spiro atoms. The van der Waals surface area contributed by atoms with Crippen LogP contribution in [0.3, 0.4) is 0 Å². The predicted molar refractivity (Wildman–Crippen MR) is 51.2 cm³/mol. The second kappa shape index (κ2) is 3.89. The molecule has 0 amide bonds. The standard InChI is InChI=1S/C9H17N3O/c1-9(2,13)7-10-6-8-11-4-5-12(8)3/h4-5,10,13H,6-7H2,1-3H3. The fraction of sp³-hybridized carbons (Fsp3) is 0.667. The fourth-order valence-electron chi connectivity index (χ4n) is 1.05. The van der Waals surface area contributed by atoms with Crippen LogP contribution in [0.4, 0.5) is 0 Å². The number of rotatable bonds is 4. The zero-order valence-corrected chi connectivity index (χ0v) is 8.41. The van der Waals surface area contributed by atoms with Gasteiger partial charge in [0.2, 0.25) is 0 Å². The van der Waals surface area contributed by atoms with Crippen molar-refractivity contribution in [3.8, 4) is 0 Å². The van der Waals surface area contributed by atoms with Crippen molar-refractivity contribution < 1.29 is 5.11 Å². The van der Waals surface area contributed by atoms with Crippen LogP contribution in [0.15, 0.2) is 12.4 Å². The summed E-state index contributed by atoms with van der Waals surface area (Å²) in [7, 11) is 1.95. The molecule has 1 rings (SSSR count). The molecule has 74 valence electrons. The lowest BCUT2D eigenvalue weighted by Gasteiger charge is -2.17. The molecule has 0 aromatic carbocycles. The Morgan fingerprint density at radius 3 is 2.77 bits per heavy atom. The Morgan fingerprint density at radius 2 is 2.31 bits per heavy atom. The molecule has 0 aliphatic heterocycles. The number of hydrogen-bond acceptors (Lipinski definition) is 3. The molecule has 0 fully saturated rings. The maximum Gasteiger partial charge on any atom is 0.122 e. The van der Waals surface area contributed by atoms with Crippen molar-refractivity contribution >= 4 is 0 Å². The third-order valence-electron chi connectivity index (χ3n) is 1.76. The SMILES string of the molecule is Cn1ccnc1CNCC(C)(C)O. The third kappa shape index (κ3) is 3.57. The Labute approximate surface area is 78.6 Å². The first-order valence-corrected chi connectivity index (χ1v) is 4.38. The van der Waals surface area contributed by atoms with E-state index in [2.05, 4.69) is 10.3 Å². The van der Waals surface area contributed by atoms with Crippen molar-refractivity contribution in [2.45, 2.75) is 26.0 Å². The first-order valence-electron chi connectivity index (χ1n) is 4.38. The number of aryl methyl sites for hydroxylation is 1. The molecule has 0 radical (unpaired) electrons. The highest BCUT2D eigenvalue weighted by Gasteiger charge is 2.11. The smallest absolute Gasteiger partial charge is 0.122 e. The highest BCUT2D eigenvalue weighted by molar-refractivity contribution is 4.90. The molecule has 2 N–H and O–H groups in total. The molecule has 4 nitrogen and oxygen atoms in total. The molecule has 0 bridgehead atoms. The average molecular weight is 183 g/mol. The van der Waals surface area contributed by atoms with Gasteiger partial charge in [0, 0.05) is 26.0 Å². The lowest BCUT2D eigenvalue weighted by Crippen LogP contribution is -2.34. The van der Waals surface area contributed by atoms with Crippen molar-refractivity contribution in [3.05, 3.63) is 18.2 Å². The molecule has 0 unspecified atom stereocenters. The van der Waals surface area contributed by atoms with Crippen LogP contribution in [-0.2, 0) is 13.6 Å². The monoisotopic (exact) mass is 183 g/mol. The minimum Gasteiger partial charge on any atom is -0.389 e. The van der Waals surface area contributed by atoms with Gasteiger partial charge in [-0.3, -0.25) is 0 Å². The quantitative estimate of drug-likeness (QED) is 0.705. The van der Waals surface area contributed by atoms with Crippen LogP contribution in [0.2, 0.25) is 0 Å². The molecule has 0 saturated carbocycles. The Kier molecular flexibility index (Phi) is 3.06. The van der Waals surface area contributed by atoms with Gasteiger partial charge in [0.05, 0.1) is 12.1 Å². The van der Waals surface area contributed by atoms with Gasteiger partial charge >= 0.3 is 0 Å². The summed E-state index contributed by atoms with van der Waals surface area (Å²) in [6.07, 6.45) is 3.67. The Morgan fingerprint density at radius 1 is 1.62 bits per heavy atom. The minimum absolute atomic E-state index is 0.569. The highest BCUT2D eigenvalue weighted by Crippen LogP contribution is 1.99. The minimum atomic E-state index is -0.662. The van der Waals surface area contributed by atoms with Crippen molar-refractivity contribution in [2.75, 3.05) is 6.54 Å². The van der Waals surface area contributed by atoms with Crippen molar-refractivity contribution in [3.63, 3.8) is 0 Å². The average Bonchev–Trinajstić information content (AvgIpc) is 2.34. The zero-order chi connectivity index (χ0) is 9.90. The normalized spacial score (nSPS) is 12.0. The van der Waals surface area contributed by atoms with Gasteiger partial charge in [0.1, 0.15) is 5.82 Å². The summed E-state index contributed by atoms with van der Waals surface area (Å²) < 4.78 is 1.96.